The minimum absolute atomic E-state index is 0.121. The highest BCUT2D eigenvalue weighted by Crippen LogP contribution is 2.29. The first-order valence-corrected chi connectivity index (χ1v) is 10.0. The molecule has 0 unspecified atom stereocenters. The highest BCUT2D eigenvalue weighted by atomic mass is 32.2. The van der Waals surface area contributed by atoms with E-state index in [1.165, 1.54) is 24.3 Å². The second kappa shape index (κ2) is 7.15. The molecule has 27 heavy (non-hydrogen) atoms. The summed E-state index contributed by atoms with van der Waals surface area (Å²) in [4.78, 5) is 0.121. The van der Waals surface area contributed by atoms with Gasteiger partial charge in [-0.15, -0.1) is 0 Å². The van der Waals surface area contributed by atoms with E-state index >= 15 is 0 Å². The summed E-state index contributed by atoms with van der Waals surface area (Å²) in [6, 6.07) is 14.9. The van der Waals surface area contributed by atoms with Crippen molar-refractivity contribution < 1.29 is 12.8 Å². The maximum atomic E-state index is 13.1. The molecule has 5 nitrogen and oxygen atoms in total. The van der Waals surface area contributed by atoms with Gasteiger partial charge in [0, 0.05) is 17.3 Å². The number of anilines is 1. The molecule has 0 spiro atoms. The molecule has 142 valence electrons. The van der Waals surface area contributed by atoms with E-state index in [4.69, 9.17) is 0 Å². The molecule has 0 aliphatic heterocycles. The number of halogens is 1. The van der Waals surface area contributed by atoms with Gasteiger partial charge in [-0.25, -0.2) is 12.8 Å². The highest BCUT2D eigenvalue weighted by Gasteiger charge is 2.30. The van der Waals surface area contributed by atoms with Crippen molar-refractivity contribution in [1.29, 1.82) is 0 Å². The third kappa shape index (κ3) is 4.54. The average Bonchev–Trinajstić information content (AvgIpc) is 3.03. The van der Waals surface area contributed by atoms with Gasteiger partial charge in [-0.2, -0.15) is 5.10 Å². The number of benzene rings is 2. The van der Waals surface area contributed by atoms with Gasteiger partial charge >= 0.3 is 0 Å². The Bertz CT molecular complexity index is 1020. The van der Waals surface area contributed by atoms with E-state index in [2.05, 4.69) is 9.82 Å². The number of rotatable bonds is 5. The van der Waals surface area contributed by atoms with Crippen LogP contribution in [0.1, 0.15) is 32.0 Å². The molecule has 3 aromatic rings. The third-order valence-corrected chi connectivity index (χ3v) is 5.39. The van der Waals surface area contributed by atoms with Crippen molar-refractivity contribution in [2.24, 2.45) is 0 Å². The molecule has 0 fully saturated rings. The smallest absolute Gasteiger partial charge is 0.265 e. The Hall–Kier alpha value is -2.67. The normalized spacial score (nSPS) is 12.1. The molecule has 1 aromatic heterocycles. The summed E-state index contributed by atoms with van der Waals surface area (Å²) in [5.74, 6) is -0.427. The van der Waals surface area contributed by atoms with E-state index in [1.54, 1.807) is 10.9 Å². The average molecular weight is 387 g/mol. The summed E-state index contributed by atoms with van der Waals surface area (Å²) in [5.41, 5.74) is 1.34. The summed E-state index contributed by atoms with van der Waals surface area (Å²) < 4.78 is 43.1. The minimum atomic E-state index is -3.87. The van der Waals surface area contributed by atoms with Crippen molar-refractivity contribution in [2.75, 3.05) is 4.72 Å². The molecule has 0 saturated carbocycles. The lowest BCUT2D eigenvalue weighted by molar-refractivity contribution is 0.533. The molecule has 0 aliphatic carbocycles. The predicted molar refractivity (Wildman–Crippen MR) is 104 cm³/mol. The molecule has 0 aliphatic rings. The van der Waals surface area contributed by atoms with Crippen LogP contribution in [-0.2, 0) is 22.0 Å². The molecule has 0 saturated heterocycles. The summed E-state index contributed by atoms with van der Waals surface area (Å²) in [6.07, 6.45) is 1.54. The van der Waals surface area contributed by atoms with E-state index in [9.17, 15) is 12.8 Å². The van der Waals surface area contributed by atoms with Crippen LogP contribution in [0.5, 0.6) is 0 Å². The Kier molecular flexibility index (Phi) is 5.06. The zero-order valence-corrected chi connectivity index (χ0v) is 16.3. The van der Waals surface area contributed by atoms with Crippen LogP contribution >= 0.6 is 0 Å². The zero-order chi connectivity index (χ0) is 19.7. The van der Waals surface area contributed by atoms with Crippen LogP contribution in [0.25, 0.3) is 0 Å². The minimum Gasteiger partial charge on any atom is -0.280 e. The SMILES string of the molecule is CC(C)(C)c1nn(Cc2ccccc2)cc1S(=O)(=O)Nc1ccc(F)cc1. The van der Waals surface area contributed by atoms with Crippen LogP contribution in [-0.4, -0.2) is 18.2 Å². The summed E-state index contributed by atoms with van der Waals surface area (Å²) in [5, 5.41) is 4.54. The Labute approximate surface area is 158 Å². The van der Waals surface area contributed by atoms with E-state index in [0.29, 0.717) is 17.9 Å². The van der Waals surface area contributed by atoms with E-state index in [1.807, 2.05) is 51.1 Å². The van der Waals surface area contributed by atoms with Gasteiger partial charge in [0.15, 0.2) is 0 Å². The number of hydrogen-bond acceptors (Lipinski definition) is 3. The van der Waals surface area contributed by atoms with Gasteiger partial charge in [-0.1, -0.05) is 51.1 Å². The number of hydrogen-bond donors (Lipinski definition) is 1. The Morgan fingerprint density at radius 2 is 1.67 bits per heavy atom. The van der Waals surface area contributed by atoms with Crippen molar-refractivity contribution in [2.45, 2.75) is 37.6 Å². The van der Waals surface area contributed by atoms with Crippen molar-refractivity contribution in [3.63, 3.8) is 0 Å². The van der Waals surface area contributed by atoms with Crippen molar-refractivity contribution in [3.8, 4) is 0 Å². The molecule has 0 bridgehead atoms. The lowest BCUT2D eigenvalue weighted by Gasteiger charge is -2.17. The van der Waals surface area contributed by atoms with Crippen LogP contribution in [0.15, 0.2) is 65.7 Å². The van der Waals surface area contributed by atoms with Gasteiger partial charge in [0.25, 0.3) is 10.0 Å². The van der Waals surface area contributed by atoms with Crippen LogP contribution in [0.3, 0.4) is 0 Å². The maximum Gasteiger partial charge on any atom is 0.265 e. The van der Waals surface area contributed by atoms with Gasteiger partial charge in [-0.3, -0.25) is 9.40 Å². The fourth-order valence-electron chi connectivity index (χ4n) is 2.70. The lowest BCUT2D eigenvalue weighted by atomic mass is 9.92. The van der Waals surface area contributed by atoms with Crippen LogP contribution in [0, 0.1) is 5.82 Å². The van der Waals surface area contributed by atoms with Crippen LogP contribution in [0.4, 0.5) is 10.1 Å². The van der Waals surface area contributed by atoms with Gasteiger partial charge < -0.3 is 0 Å². The van der Waals surface area contributed by atoms with E-state index in [0.717, 1.165) is 5.56 Å². The lowest BCUT2D eigenvalue weighted by Crippen LogP contribution is -2.20. The van der Waals surface area contributed by atoms with Crippen LogP contribution in [0.2, 0.25) is 0 Å². The monoisotopic (exact) mass is 387 g/mol. The zero-order valence-electron chi connectivity index (χ0n) is 15.5. The second-order valence-electron chi connectivity index (χ2n) is 7.39. The summed E-state index contributed by atoms with van der Waals surface area (Å²) >= 11 is 0. The van der Waals surface area contributed by atoms with Crippen LogP contribution < -0.4 is 4.72 Å². The quantitative estimate of drug-likeness (QED) is 0.715. The Morgan fingerprint density at radius 1 is 1.04 bits per heavy atom. The van der Waals surface area contributed by atoms with Gasteiger partial charge in [0.05, 0.1) is 12.2 Å². The van der Waals surface area contributed by atoms with Crippen molar-refractivity contribution in [1.82, 2.24) is 9.78 Å². The fourth-order valence-corrected chi connectivity index (χ4v) is 4.12. The van der Waals surface area contributed by atoms with Gasteiger partial charge in [-0.05, 0) is 29.8 Å². The topological polar surface area (TPSA) is 64.0 Å². The van der Waals surface area contributed by atoms with Gasteiger partial charge in [0.2, 0.25) is 0 Å². The Morgan fingerprint density at radius 3 is 2.26 bits per heavy atom. The molecule has 1 N–H and O–H groups in total. The predicted octanol–water partition coefficient (Wildman–Crippen LogP) is 4.17. The molecular weight excluding hydrogens is 365 g/mol. The fraction of sp³-hybridized carbons (Fsp3) is 0.250. The summed E-state index contributed by atoms with van der Waals surface area (Å²) in [7, 11) is -3.87. The standard InChI is InChI=1S/C20H22FN3O2S/c1-20(2,3)19-18(14-24(22-19)13-15-7-5-4-6-8-15)27(25,26)23-17-11-9-16(21)10-12-17/h4-12,14,23H,13H2,1-3H3. The summed E-state index contributed by atoms with van der Waals surface area (Å²) in [6.45, 7) is 6.22. The van der Waals surface area contributed by atoms with E-state index < -0.39 is 21.3 Å². The van der Waals surface area contributed by atoms with Gasteiger partial charge in [0.1, 0.15) is 10.7 Å². The second-order valence-corrected chi connectivity index (χ2v) is 9.04. The number of aromatic nitrogens is 2. The number of nitrogens with one attached hydrogen (secondary N) is 1. The first-order chi connectivity index (χ1) is 12.6. The molecule has 0 amide bonds. The first-order valence-electron chi connectivity index (χ1n) is 8.55. The number of sulfonamides is 1. The van der Waals surface area contributed by atoms with E-state index in [-0.39, 0.29) is 4.90 Å². The molecule has 7 heteroatoms. The van der Waals surface area contributed by atoms with Crippen molar-refractivity contribution in [3.05, 3.63) is 77.9 Å². The number of nitrogens with zero attached hydrogens (tertiary/aromatic N) is 2. The molecular formula is C20H22FN3O2S. The molecule has 1 heterocycles. The third-order valence-electron chi connectivity index (χ3n) is 4.01. The molecule has 0 radical (unpaired) electrons. The van der Waals surface area contributed by atoms with Crippen molar-refractivity contribution >= 4 is 15.7 Å². The molecule has 0 atom stereocenters. The highest BCUT2D eigenvalue weighted by molar-refractivity contribution is 7.92. The Balaban J connectivity index is 1.98. The maximum absolute atomic E-state index is 13.1. The molecule has 3 rings (SSSR count). The first kappa shape index (κ1) is 19.1. The largest absolute Gasteiger partial charge is 0.280 e. The molecule has 2 aromatic carbocycles.